The summed E-state index contributed by atoms with van der Waals surface area (Å²) in [5.41, 5.74) is -1.36. The molecular weight excluding hydrogens is 534 g/mol. The average Bonchev–Trinajstić information content (AvgIpc) is 2.73. The minimum absolute atomic E-state index is 0.0591. The lowest BCUT2D eigenvalue weighted by atomic mass is 9.62. The third kappa shape index (κ3) is 3.99. The lowest BCUT2D eigenvalue weighted by Crippen LogP contribution is -2.74. The lowest BCUT2D eigenvalue weighted by Gasteiger charge is -2.60. The number of likely N-dealkylation sites (tertiary alicyclic amines) is 1. The third-order valence-corrected chi connectivity index (χ3v) is 7.55. The highest BCUT2D eigenvalue weighted by Crippen LogP contribution is 2.45. The average molecular weight is 559 g/mol. The number of carbonyl (C=O) groups excluding carboxylic acids is 1. The van der Waals surface area contributed by atoms with E-state index in [0.29, 0.717) is 16.7 Å². The molecule has 2 heterocycles. The van der Waals surface area contributed by atoms with Gasteiger partial charge in [-0.05, 0) is 79.2 Å². The number of benzene rings is 2. The van der Waals surface area contributed by atoms with Crippen molar-refractivity contribution in [1.82, 2.24) is 10.2 Å². The number of halogens is 4. The second kappa shape index (κ2) is 8.83. The molecule has 0 radical (unpaired) electrons. The summed E-state index contributed by atoms with van der Waals surface area (Å²) in [6.07, 6.45) is 3.00. The van der Waals surface area contributed by atoms with Gasteiger partial charge in [-0.25, -0.2) is 13.2 Å². The molecule has 0 bridgehead atoms. The van der Waals surface area contributed by atoms with Crippen molar-refractivity contribution < 1.29 is 23.1 Å². The van der Waals surface area contributed by atoms with Crippen LogP contribution in [0.3, 0.4) is 0 Å². The quantitative estimate of drug-likeness (QED) is 0.475. The molecule has 2 fully saturated rings. The first-order chi connectivity index (χ1) is 15.2. The summed E-state index contributed by atoms with van der Waals surface area (Å²) in [5.74, 6) is -3.52. The SMILES string of the molecule is C[C@@]1(C2(CO)CN(C(=O)c3ccc(F)c(F)c3Nc3ccc(I)cc3F)C2)CCCCN1. The van der Waals surface area contributed by atoms with Gasteiger partial charge >= 0.3 is 0 Å². The summed E-state index contributed by atoms with van der Waals surface area (Å²) in [4.78, 5) is 14.7. The van der Waals surface area contributed by atoms with E-state index in [1.54, 1.807) is 6.07 Å². The number of rotatable bonds is 5. The van der Waals surface area contributed by atoms with E-state index in [2.05, 4.69) is 17.6 Å². The number of aliphatic hydroxyl groups excluding tert-OH is 1. The number of amides is 1. The van der Waals surface area contributed by atoms with Crippen LogP contribution in [0.5, 0.6) is 0 Å². The number of piperidine rings is 1. The molecule has 2 aliphatic heterocycles. The zero-order valence-corrected chi connectivity index (χ0v) is 19.8. The van der Waals surface area contributed by atoms with Crippen LogP contribution in [0.1, 0.15) is 36.5 Å². The molecule has 3 N–H and O–H groups in total. The van der Waals surface area contributed by atoms with Gasteiger partial charge in [-0.2, -0.15) is 0 Å². The van der Waals surface area contributed by atoms with E-state index < -0.39 is 34.5 Å². The zero-order valence-electron chi connectivity index (χ0n) is 17.7. The summed E-state index contributed by atoms with van der Waals surface area (Å²) in [6, 6.07) is 6.37. The Bertz CT molecular complexity index is 1040. The van der Waals surface area contributed by atoms with Gasteiger partial charge in [0.25, 0.3) is 5.91 Å². The van der Waals surface area contributed by atoms with Gasteiger partial charge in [-0.1, -0.05) is 6.42 Å². The normalized spacial score (nSPS) is 22.4. The Labute approximate surface area is 198 Å². The predicted molar refractivity (Wildman–Crippen MR) is 124 cm³/mol. The van der Waals surface area contributed by atoms with Crippen molar-refractivity contribution in [1.29, 1.82) is 0 Å². The number of anilines is 2. The molecule has 4 rings (SSSR count). The second-order valence-corrected chi connectivity index (χ2v) is 10.1. The Morgan fingerprint density at radius 2 is 1.94 bits per heavy atom. The summed E-state index contributed by atoms with van der Waals surface area (Å²) < 4.78 is 43.6. The largest absolute Gasteiger partial charge is 0.396 e. The molecule has 2 aliphatic rings. The summed E-state index contributed by atoms with van der Waals surface area (Å²) >= 11 is 1.94. The van der Waals surface area contributed by atoms with Crippen molar-refractivity contribution in [3.05, 3.63) is 56.9 Å². The van der Waals surface area contributed by atoms with Crippen molar-refractivity contribution >= 4 is 39.9 Å². The molecule has 2 saturated heterocycles. The fourth-order valence-corrected chi connectivity index (χ4v) is 5.16. The number of nitrogens with one attached hydrogen (secondary N) is 2. The first-order valence-corrected chi connectivity index (χ1v) is 11.6. The molecule has 0 saturated carbocycles. The Balaban J connectivity index is 1.60. The highest BCUT2D eigenvalue weighted by molar-refractivity contribution is 14.1. The molecule has 32 heavy (non-hydrogen) atoms. The fraction of sp³-hybridized carbons (Fsp3) is 0.435. The standard InChI is InChI=1S/C23H25F3IN3O2/c1-22(8-2-3-9-28-22)23(13-31)11-30(12-23)21(32)15-5-6-16(24)19(26)20(15)29-18-7-4-14(27)10-17(18)25/h4-7,10,28-29,31H,2-3,8-9,11-13H2,1H3/t22-/m0/s1. The van der Waals surface area contributed by atoms with Gasteiger partial charge in [0.2, 0.25) is 0 Å². The second-order valence-electron chi connectivity index (χ2n) is 8.85. The van der Waals surface area contributed by atoms with E-state index in [4.69, 9.17) is 0 Å². The van der Waals surface area contributed by atoms with Crippen LogP contribution in [0.2, 0.25) is 0 Å². The van der Waals surface area contributed by atoms with Crippen LogP contribution in [0.15, 0.2) is 30.3 Å². The van der Waals surface area contributed by atoms with E-state index in [1.807, 2.05) is 22.6 Å². The van der Waals surface area contributed by atoms with Crippen LogP contribution >= 0.6 is 22.6 Å². The van der Waals surface area contributed by atoms with Gasteiger partial charge in [0.1, 0.15) is 5.82 Å². The van der Waals surface area contributed by atoms with Crippen molar-refractivity contribution in [2.75, 3.05) is 31.6 Å². The van der Waals surface area contributed by atoms with Crippen LogP contribution in [0, 0.1) is 26.4 Å². The van der Waals surface area contributed by atoms with E-state index in [1.165, 1.54) is 23.1 Å². The molecule has 9 heteroatoms. The van der Waals surface area contributed by atoms with Gasteiger partial charge in [0, 0.05) is 27.6 Å². The number of aliphatic hydroxyl groups is 1. The molecule has 1 atom stereocenters. The maximum Gasteiger partial charge on any atom is 0.256 e. The number of carbonyl (C=O) groups is 1. The molecule has 5 nitrogen and oxygen atoms in total. The van der Waals surface area contributed by atoms with Crippen molar-refractivity contribution in [2.24, 2.45) is 5.41 Å². The van der Waals surface area contributed by atoms with Crippen LogP contribution in [-0.4, -0.2) is 47.7 Å². The fourth-order valence-electron chi connectivity index (χ4n) is 4.71. The first kappa shape index (κ1) is 23.3. The molecular formula is C23H25F3IN3O2. The summed E-state index contributed by atoms with van der Waals surface area (Å²) in [7, 11) is 0. The molecule has 1 amide bonds. The van der Waals surface area contributed by atoms with E-state index in [0.717, 1.165) is 31.9 Å². The van der Waals surface area contributed by atoms with Crippen molar-refractivity contribution in [3.8, 4) is 0 Å². The first-order valence-electron chi connectivity index (χ1n) is 10.5. The maximum atomic E-state index is 14.7. The van der Waals surface area contributed by atoms with Crippen LogP contribution in [-0.2, 0) is 0 Å². The number of hydrogen-bond acceptors (Lipinski definition) is 4. The highest BCUT2D eigenvalue weighted by Gasteiger charge is 2.56. The molecule has 172 valence electrons. The van der Waals surface area contributed by atoms with E-state index in [-0.39, 0.29) is 23.4 Å². The number of hydrogen-bond donors (Lipinski definition) is 3. The van der Waals surface area contributed by atoms with Crippen molar-refractivity contribution in [3.63, 3.8) is 0 Å². The monoisotopic (exact) mass is 559 g/mol. The van der Waals surface area contributed by atoms with Gasteiger partial charge in [-0.3, -0.25) is 4.79 Å². The number of nitrogens with zero attached hydrogens (tertiary/aromatic N) is 1. The summed E-state index contributed by atoms with van der Waals surface area (Å²) in [5, 5.41) is 16.2. The minimum Gasteiger partial charge on any atom is -0.396 e. The molecule has 0 aliphatic carbocycles. The van der Waals surface area contributed by atoms with Gasteiger partial charge in [0.05, 0.1) is 23.5 Å². The Morgan fingerprint density at radius 1 is 1.19 bits per heavy atom. The molecule has 0 aromatic heterocycles. The van der Waals surface area contributed by atoms with E-state index in [9.17, 15) is 23.1 Å². The minimum atomic E-state index is -1.25. The Morgan fingerprint density at radius 3 is 2.56 bits per heavy atom. The van der Waals surface area contributed by atoms with E-state index >= 15 is 0 Å². The molecule has 2 aromatic rings. The van der Waals surface area contributed by atoms with Crippen LogP contribution in [0.25, 0.3) is 0 Å². The Kier molecular flexibility index (Phi) is 6.43. The zero-order chi connectivity index (χ0) is 23.1. The molecule has 0 spiro atoms. The topological polar surface area (TPSA) is 64.6 Å². The maximum absolute atomic E-state index is 14.7. The lowest BCUT2D eigenvalue weighted by molar-refractivity contribution is -0.0925. The predicted octanol–water partition coefficient (Wildman–Crippen LogP) is 4.42. The Hall–Kier alpha value is -1.85. The van der Waals surface area contributed by atoms with Gasteiger partial charge < -0.3 is 20.6 Å². The van der Waals surface area contributed by atoms with Gasteiger partial charge in [0.15, 0.2) is 11.6 Å². The van der Waals surface area contributed by atoms with Gasteiger partial charge in [-0.15, -0.1) is 0 Å². The highest BCUT2D eigenvalue weighted by atomic mass is 127. The summed E-state index contributed by atoms with van der Waals surface area (Å²) in [6.45, 7) is 3.42. The van der Waals surface area contributed by atoms with Crippen LogP contribution < -0.4 is 10.6 Å². The van der Waals surface area contributed by atoms with Crippen molar-refractivity contribution in [2.45, 2.75) is 31.7 Å². The third-order valence-electron chi connectivity index (χ3n) is 6.88. The van der Waals surface area contributed by atoms with Crippen LogP contribution in [0.4, 0.5) is 24.5 Å². The molecule has 2 aromatic carbocycles. The smallest absolute Gasteiger partial charge is 0.256 e. The molecule has 0 unspecified atom stereocenters.